The predicted molar refractivity (Wildman–Crippen MR) is 504 cm³/mol. The van der Waals surface area contributed by atoms with Crippen LogP contribution in [0.3, 0.4) is 0 Å². The van der Waals surface area contributed by atoms with Crippen molar-refractivity contribution in [2.24, 2.45) is 28.2 Å². The number of urea groups is 4. The molecule has 8 amide bonds. The van der Waals surface area contributed by atoms with E-state index in [2.05, 4.69) is 126 Å². The van der Waals surface area contributed by atoms with Crippen LogP contribution in [0.1, 0.15) is 100.0 Å². The number of rotatable bonds is 16. The number of ether oxygens (including phenoxy) is 1. The summed E-state index contributed by atoms with van der Waals surface area (Å²) in [5.74, 6) is 0.444. The number of anilines is 7. The fourth-order valence-electron chi connectivity index (χ4n) is 17.2. The Morgan fingerprint density at radius 1 is 0.394 bits per heavy atom. The molecule has 4 saturated heterocycles. The first-order chi connectivity index (χ1) is 65.2. The summed E-state index contributed by atoms with van der Waals surface area (Å²) in [5, 5.41) is 70.5. The number of carbonyl (C=O) groups excluding carboxylic acids is 4. The molecule has 42 heteroatoms. The van der Waals surface area contributed by atoms with Crippen molar-refractivity contribution in [2.45, 2.75) is 142 Å². The molecule has 722 valence electrons. The molecule has 33 nitrogen and oxygen atoms in total. The molecule has 0 spiro atoms. The van der Waals surface area contributed by atoms with Crippen LogP contribution in [0.5, 0.6) is 5.75 Å². The molecular weight excluding hydrogens is 1780 g/mol. The maximum atomic E-state index is 13.9. The van der Waals surface area contributed by atoms with Crippen molar-refractivity contribution in [1.82, 2.24) is 105 Å². The van der Waals surface area contributed by atoms with Crippen LogP contribution < -0.4 is 50.9 Å². The number of hydrogen-bond acceptors (Lipinski definition) is 21. The molecule has 4 fully saturated rings. The highest BCUT2D eigenvalue weighted by atomic mass is 19.4. The van der Waals surface area contributed by atoms with Gasteiger partial charge in [0.15, 0.2) is 23.3 Å². The maximum Gasteiger partial charge on any atom is 0.573 e. The average Bonchev–Trinajstić information content (AvgIpc) is 1.77. The van der Waals surface area contributed by atoms with Crippen LogP contribution in [0, 0.1) is 45.1 Å². The van der Waals surface area contributed by atoms with E-state index in [-0.39, 0.29) is 47.2 Å². The van der Waals surface area contributed by atoms with Gasteiger partial charge in [0.25, 0.3) is 0 Å². The van der Waals surface area contributed by atoms with Gasteiger partial charge in [-0.1, -0.05) is 48.5 Å². The highest BCUT2D eigenvalue weighted by Gasteiger charge is 2.38. The zero-order valence-corrected chi connectivity index (χ0v) is 78.4. The van der Waals surface area contributed by atoms with Gasteiger partial charge in [-0.25, -0.2) is 32.3 Å². The van der Waals surface area contributed by atoms with Crippen LogP contribution in [0.25, 0.3) is 67.1 Å². The van der Waals surface area contributed by atoms with Gasteiger partial charge >= 0.3 is 36.7 Å². The van der Waals surface area contributed by atoms with Gasteiger partial charge in [0.05, 0.1) is 39.7 Å². The lowest BCUT2D eigenvalue weighted by Gasteiger charge is -2.38. The minimum Gasteiger partial charge on any atom is -0.406 e. The molecule has 4 aliphatic rings. The molecule has 8 aromatic heterocycles. The first-order valence-electron chi connectivity index (χ1n) is 44.7. The minimum atomic E-state index is -4.79. The number of benzene rings is 5. The van der Waals surface area contributed by atoms with Gasteiger partial charge < -0.3 is 65.6 Å². The Morgan fingerprint density at radius 3 is 1.12 bits per heavy atom. The molecular formula is C95H109F9N28O5. The summed E-state index contributed by atoms with van der Waals surface area (Å²) in [6.45, 7) is 19.8. The van der Waals surface area contributed by atoms with Crippen molar-refractivity contribution in [1.29, 1.82) is 0 Å². The highest BCUT2D eigenvalue weighted by molar-refractivity contribution is 6.01. The lowest BCUT2D eigenvalue weighted by molar-refractivity contribution is -0.274. The van der Waals surface area contributed by atoms with Crippen LogP contribution >= 0.6 is 0 Å². The van der Waals surface area contributed by atoms with Gasteiger partial charge in [-0.05, 0) is 201 Å². The number of alkyl halides is 6. The van der Waals surface area contributed by atoms with E-state index in [1.54, 1.807) is 57.8 Å². The molecule has 5 aromatic carbocycles. The van der Waals surface area contributed by atoms with Crippen LogP contribution in [0.2, 0.25) is 0 Å². The Bertz CT molecular complexity index is 6450. The molecule has 137 heavy (non-hydrogen) atoms. The summed E-state index contributed by atoms with van der Waals surface area (Å²) in [7, 11) is 12.6. The fourth-order valence-corrected chi connectivity index (χ4v) is 17.2. The number of piperidine rings is 4. The Kier molecular flexibility index (Phi) is 30.1. The molecule has 17 rings (SSSR count). The Hall–Kier alpha value is -14.8. The standard InChI is InChI=1S/C25H24F3N7O2.C25H25F2N7O.C24H27F4N7O.C21H33N7O/c1-34-21(10-13-29-34)22-19-4-2-3-5-20(19)23(33-32-22)35-14-11-17(12-15-35)31-24(36)30-16-6-8-18(9-7-16)37-25(26,27)28;1-32(25(35)29-21-8-7-16(26)15-20(21)27)17-10-13-34(14-11-17)24-19-6-4-3-5-18(19)23(30-31-24)22-9-12-28-33(22)2;1-14-15(2)22(32-31-21(14)20-7-10-29-34(20)4)35-11-8-17(9-12-35)33(3)23(36)30-19-6-5-16(25)13-18(19)24(26,27)28;1-14-15(2)19(25-24-18(14)17-8-11-22-27(17)7)28-12-9-16(10-13-28)26(6)20(29)23-21(3,4)5/h2-10,13,17H,11-12,14-15H2,1H3,(H2,30,31,36);3-9,12,15,17H,10-11,13-14H2,1-2H3,(H,29,35);5-7,10,13,17H,8-9,11-12H2,1-4H3,(H,30,36);8,11,16H,9-10,12-13H2,1-7H3,(H,23,29). The molecule has 4 aliphatic heterocycles. The largest absolute Gasteiger partial charge is 0.573 e. The van der Waals surface area contributed by atoms with E-state index < -0.39 is 59.3 Å². The molecule has 0 atom stereocenters. The van der Waals surface area contributed by atoms with Gasteiger partial charge in [-0.15, -0.1) is 54.0 Å². The summed E-state index contributed by atoms with van der Waals surface area (Å²) < 4.78 is 128. The average molecular weight is 1890 g/mol. The first-order valence-corrected chi connectivity index (χ1v) is 44.7. The monoisotopic (exact) mass is 1890 g/mol. The lowest BCUT2D eigenvalue weighted by Crippen LogP contribution is -2.53. The number of amides is 8. The van der Waals surface area contributed by atoms with Crippen molar-refractivity contribution < 1.29 is 63.4 Å². The van der Waals surface area contributed by atoms with Crippen molar-refractivity contribution in [3.05, 3.63) is 204 Å². The summed E-state index contributed by atoms with van der Waals surface area (Å²) in [6.07, 6.45) is 3.25. The zero-order valence-electron chi connectivity index (χ0n) is 78.4. The van der Waals surface area contributed by atoms with E-state index in [1.807, 2.05) is 152 Å². The quantitative estimate of drug-likeness (QED) is 0.0561. The number of aromatic nitrogens is 16. The van der Waals surface area contributed by atoms with Crippen LogP contribution in [0.15, 0.2) is 158 Å². The molecule has 0 saturated carbocycles. The van der Waals surface area contributed by atoms with E-state index >= 15 is 0 Å². The van der Waals surface area contributed by atoms with Crippen molar-refractivity contribution in [3.8, 4) is 51.3 Å². The number of nitrogens with one attached hydrogen (secondary N) is 5. The number of carbonyl (C=O) groups is 4. The van der Waals surface area contributed by atoms with E-state index in [0.29, 0.717) is 76.7 Å². The second kappa shape index (κ2) is 42.0. The van der Waals surface area contributed by atoms with Crippen LogP contribution in [-0.2, 0) is 34.4 Å². The highest BCUT2D eigenvalue weighted by Crippen LogP contribution is 2.40. The third-order valence-electron chi connectivity index (χ3n) is 25.1. The van der Waals surface area contributed by atoms with E-state index in [9.17, 15) is 58.7 Å². The van der Waals surface area contributed by atoms with Gasteiger partial charge in [-0.2, -0.15) is 33.6 Å². The Morgan fingerprint density at radius 2 is 0.745 bits per heavy atom. The minimum absolute atomic E-state index is 0.0108. The smallest absolute Gasteiger partial charge is 0.406 e. The third-order valence-corrected chi connectivity index (χ3v) is 25.1. The van der Waals surface area contributed by atoms with E-state index in [0.717, 1.165) is 188 Å². The number of hydrogen-bond donors (Lipinski definition) is 5. The molecule has 0 radical (unpaired) electrons. The molecule has 0 bridgehead atoms. The van der Waals surface area contributed by atoms with Gasteiger partial charge in [0, 0.05) is 189 Å². The fraction of sp³-hybridized carbons (Fsp3) is 0.389. The van der Waals surface area contributed by atoms with E-state index in [1.165, 1.54) is 23.1 Å². The normalized spacial score (nSPS) is 14.7. The van der Waals surface area contributed by atoms with E-state index in [4.69, 9.17) is 0 Å². The van der Waals surface area contributed by atoms with Gasteiger partial charge in [0.1, 0.15) is 46.0 Å². The number of halogens is 9. The molecule has 13 aromatic rings. The predicted octanol–water partition coefficient (Wildman–Crippen LogP) is 16.8. The lowest BCUT2D eigenvalue weighted by atomic mass is 10.0. The second-order valence-corrected chi connectivity index (χ2v) is 35.2. The summed E-state index contributed by atoms with van der Waals surface area (Å²) in [6, 6.07) is 32.4. The number of fused-ring (bicyclic) bond motifs is 2. The van der Waals surface area contributed by atoms with Crippen LogP contribution in [0.4, 0.5) is 99.0 Å². The molecule has 12 heterocycles. The van der Waals surface area contributed by atoms with Crippen molar-refractivity contribution >= 4 is 86.0 Å². The Labute approximate surface area is 785 Å². The van der Waals surface area contributed by atoms with Gasteiger partial charge in [-0.3, -0.25) is 18.7 Å². The molecule has 5 N–H and O–H groups in total. The maximum absolute atomic E-state index is 13.9. The van der Waals surface area contributed by atoms with Crippen LogP contribution in [-0.4, -0.2) is 228 Å². The molecule has 0 unspecified atom stereocenters. The number of aryl methyl sites for hydroxylation is 4. The summed E-state index contributed by atoms with van der Waals surface area (Å²) in [5.41, 5.74) is 9.46. The second-order valence-electron chi connectivity index (χ2n) is 35.2. The Balaban J connectivity index is 0.000000147. The first kappa shape index (κ1) is 98.2. The van der Waals surface area contributed by atoms with Crippen molar-refractivity contribution in [2.75, 3.05) is 109 Å². The third kappa shape index (κ3) is 23.4. The van der Waals surface area contributed by atoms with Crippen molar-refractivity contribution in [3.63, 3.8) is 0 Å². The SMILES string of the molecule is CN(C(=O)Nc1ccc(F)cc1F)C1CCN(c2nnc(-c3ccnn3C)c3ccccc23)CC1.Cc1c(-c2ccnn2C)nnc(N2CCC(N(C)C(=O)NC(C)(C)C)CC2)c1C.Cc1c(-c2ccnn2C)nnc(N2CCC(N(C)C(=O)Nc3ccc(F)cc3C(F)(F)F)CC2)c1C.Cn1nccc1-c1nnc(N2CCC(NC(=O)Nc3ccc(OC(F)(F)F)cc3)CC2)c2ccccc12. The zero-order chi connectivity index (χ0) is 98.1. The summed E-state index contributed by atoms with van der Waals surface area (Å²) in [4.78, 5) is 63.8. The topological polar surface area (TPSA) is 335 Å². The summed E-state index contributed by atoms with van der Waals surface area (Å²) >= 11 is 0. The molecule has 0 aliphatic carbocycles. The van der Waals surface area contributed by atoms with Gasteiger partial charge in [0.2, 0.25) is 0 Å². The number of nitrogens with zero attached hydrogens (tertiary/aromatic N) is 23.